The first-order valence-electron chi connectivity index (χ1n) is 22.5. The topological polar surface area (TPSA) is 212 Å². The predicted molar refractivity (Wildman–Crippen MR) is 243 cm³/mol. The lowest BCUT2D eigenvalue weighted by Crippen LogP contribution is -2.64. The number of hydrogen-bond acceptors (Lipinski definition) is 10. The summed E-state index contributed by atoms with van der Waals surface area (Å²) in [7, 11) is 0. The molecule has 4 amide bonds. The van der Waals surface area contributed by atoms with Crippen molar-refractivity contribution in [2.24, 2.45) is 21.7 Å². The Hall–Kier alpha value is -6.18. The van der Waals surface area contributed by atoms with Crippen LogP contribution in [0.4, 0.5) is 52.7 Å². The van der Waals surface area contributed by atoms with Crippen LogP contribution >= 0.6 is 0 Å². The number of nitrogens with one attached hydrogen (secondary N) is 8. The van der Waals surface area contributed by atoms with Crippen molar-refractivity contribution < 1.29 is 77.0 Å². The number of aliphatic hydroxyl groups is 1. The summed E-state index contributed by atoms with van der Waals surface area (Å²) in [6.07, 6.45) is -9.51. The summed E-state index contributed by atoms with van der Waals surface area (Å²) in [5, 5.41) is 37.6. The maximum absolute atomic E-state index is 16.0. The lowest BCUT2D eigenvalue weighted by Gasteiger charge is -2.39. The fraction of sp³-hybridized carbons (Fsp3) is 0.532. The van der Waals surface area contributed by atoms with Crippen LogP contribution in [0.25, 0.3) is 11.1 Å². The van der Waals surface area contributed by atoms with Crippen molar-refractivity contribution in [2.75, 3.05) is 6.54 Å². The lowest BCUT2D eigenvalue weighted by atomic mass is 9.82. The summed E-state index contributed by atoms with van der Waals surface area (Å²) in [6, 6.07) is -0.316. The highest BCUT2D eigenvalue weighted by atomic mass is 19.4. The van der Waals surface area contributed by atoms with E-state index in [1.807, 2.05) is 0 Å². The number of alkyl halides is 10. The Bertz CT molecular complexity index is 2400. The fourth-order valence-corrected chi connectivity index (χ4v) is 7.11. The predicted octanol–water partition coefficient (Wildman–Crippen LogP) is 7.24. The molecule has 2 aliphatic rings. The number of carbonyl (C=O) groups excluding carboxylic acids is 4. The maximum Gasteiger partial charge on any atom is 0.396 e. The van der Waals surface area contributed by atoms with E-state index in [1.54, 1.807) is 10.6 Å². The molecule has 0 saturated heterocycles. The van der Waals surface area contributed by atoms with E-state index in [4.69, 9.17) is 10.8 Å². The van der Waals surface area contributed by atoms with Crippen LogP contribution in [0.15, 0.2) is 48.8 Å². The molecule has 14 nitrogen and oxygen atoms in total. The van der Waals surface area contributed by atoms with Gasteiger partial charge in [0.1, 0.15) is 23.7 Å². The lowest BCUT2D eigenvalue weighted by molar-refractivity contribution is -0.222. The first-order chi connectivity index (χ1) is 33.6. The summed E-state index contributed by atoms with van der Waals surface area (Å²) in [6.45, 7) is -3.23. The van der Waals surface area contributed by atoms with Crippen LogP contribution < -0.4 is 32.0 Å². The van der Waals surface area contributed by atoms with Crippen molar-refractivity contribution in [3.05, 3.63) is 82.7 Å². The average molecular weight is 1060 g/mol. The average Bonchev–Trinajstić information content (AvgIpc) is 4.22. The van der Waals surface area contributed by atoms with Crippen LogP contribution in [-0.2, 0) is 32.1 Å². The molecule has 1 unspecified atom stereocenters. The number of benzene rings is 2. The summed E-state index contributed by atoms with van der Waals surface area (Å²) < 4.78 is 172. The molecule has 0 bridgehead atoms. The van der Waals surface area contributed by atoms with E-state index in [9.17, 15) is 68.2 Å². The number of nitrogens with zero attached hydrogens (tertiary/aromatic N) is 1. The van der Waals surface area contributed by atoms with E-state index >= 15 is 8.78 Å². The van der Waals surface area contributed by atoms with Crippen LogP contribution in [0.3, 0.4) is 0 Å². The molecule has 0 aliphatic heterocycles. The summed E-state index contributed by atoms with van der Waals surface area (Å²) in [5.74, 6) is -8.00. The minimum atomic E-state index is -5.21. The Morgan fingerprint density at radius 2 is 1.10 bits per heavy atom. The molecule has 73 heavy (non-hydrogen) atoms. The molecule has 0 heterocycles. The Balaban J connectivity index is 1.86. The van der Waals surface area contributed by atoms with Crippen molar-refractivity contribution >= 4 is 47.2 Å². The fourth-order valence-electron chi connectivity index (χ4n) is 7.11. The third-order valence-electron chi connectivity index (χ3n) is 13.2. The minimum Gasteiger partial charge on any atom is -0.390 e. The number of hydrazine groups is 1. The Labute approximate surface area is 412 Å². The second-order valence-electron chi connectivity index (χ2n) is 19.7. The second-order valence-corrected chi connectivity index (χ2v) is 19.7. The largest absolute Gasteiger partial charge is 0.396 e. The van der Waals surface area contributed by atoms with E-state index in [2.05, 4.69) is 21.4 Å². The standard InChI is InChI=1S/C47H57F12N9O5/c1-42(2,46(54,55)56)34(65-38(72)44(5)11-12-44)36(70)64-32(15-24-7-9-25(10-8-24)27(18-60)20-62-40(50)51)33(69)23-68(22-29-30(48)16-26(17-31(29)49)28(19-61)21-63-41(52)53)67-37(71)35(43(3,4)47(57,58)59)66-39(73)45(6)13-14-45/h7-10,16-21,32-35,40-41,60-63,69H,11-15,22-23H2,1-6H3,(H,64,70)(H,65,72)(H,66,73)(H,67,71)/b27-20+,28-21+,60-18?,61-19?/t32-,33-,34?,35+/m0/s1. The van der Waals surface area contributed by atoms with Crippen molar-refractivity contribution in [3.8, 4) is 0 Å². The number of halogens is 12. The van der Waals surface area contributed by atoms with Gasteiger partial charge in [0.25, 0.3) is 5.91 Å². The second kappa shape index (κ2) is 22.9. The van der Waals surface area contributed by atoms with Gasteiger partial charge in [-0.1, -0.05) is 38.1 Å². The molecule has 0 aromatic heterocycles. The summed E-state index contributed by atoms with van der Waals surface area (Å²) in [4.78, 5) is 54.8. The summed E-state index contributed by atoms with van der Waals surface area (Å²) in [5.41, 5.74) is -7.96. The number of hydrogen-bond donors (Lipinski definition) is 9. The van der Waals surface area contributed by atoms with Gasteiger partial charge in [-0.25, -0.2) is 13.8 Å². The molecule has 0 radical (unpaired) electrons. The number of allylic oxidation sites excluding steroid dienone is 2. The monoisotopic (exact) mass is 1060 g/mol. The molecule has 26 heteroatoms. The Morgan fingerprint density at radius 3 is 1.48 bits per heavy atom. The van der Waals surface area contributed by atoms with Gasteiger partial charge in [-0.2, -0.15) is 43.9 Å². The minimum absolute atomic E-state index is 0.0581. The summed E-state index contributed by atoms with van der Waals surface area (Å²) >= 11 is 0. The van der Waals surface area contributed by atoms with Crippen molar-refractivity contribution in [3.63, 3.8) is 0 Å². The highest BCUT2D eigenvalue weighted by Gasteiger charge is 2.59. The van der Waals surface area contributed by atoms with Gasteiger partial charge in [0.05, 0.1) is 23.0 Å². The van der Waals surface area contributed by atoms with E-state index < -0.39 is 143 Å². The zero-order valence-electron chi connectivity index (χ0n) is 40.3. The number of rotatable bonds is 25. The third kappa shape index (κ3) is 15.0. The normalized spacial score (nSPS) is 17.5. The van der Waals surface area contributed by atoms with Gasteiger partial charge in [-0.3, -0.25) is 24.6 Å². The first kappa shape index (κ1) is 59.4. The zero-order chi connectivity index (χ0) is 55.2. The molecule has 4 rings (SSSR count). The van der Waals surface area contributed by atoms with Crippen molar-refractivity contribution in [1.29, 1.82) is 10.8 Å². The van der Waals surface area contributed by atoms with E-state index in [0.29, 0.717) is 57.3 Å². The van der Waals surface area contributed by atoms with Crippen molar-refractivity contribution in [2.45, 2.75) is 130 Å². The van der Waals surface area contributed by atoms with Gasteiger partial charge < -0.3 is 42.5 Å². The van der Waals surface area contributed by atoms with Crippen molar-refractivity contribution in [1.82, 2.24) is 37.0 Å². The molecule has 0 spiro atoms. The van der Waals surface area contributed by atoms with Crippen LogP contribution in [0.5, 0.6) is 0 Å². The third-order valence-corrected chi connectivity index (χ3v) is 13.2. The molecule has 2 aromatic carbocycles. The number of aliphatic hydroxyl groups excluding tert-OH is 1. The van der Waals surface area contributed by atoms with Gasteiger partial charge >= 0.3 is 25.5 Å². The van der Waals surface area contributed by atoms with Gasteiger partial charge in [-0.05, 0) is 88.6 Å². The molecule has 2 aliphatic carbocycles. The molecule has 404 valence electrons. The Morgan fingerprint density at radius 1 is 0.685 bits per heavy atom. The number of carbonyl (C=O) groups is 4. The van der Waals surface area contributed by atoms with Crippen LogP contribution in [-0.4, -0.2) is 102 Å². The Kier molecular flexibility index (Phi) is 18.7. The maximum atomic E-state index is 16.0. The molecule has 2 saturated carbocycles. The van der Waals surface area contributed by atoms with E-state index in [1.165, 1.54) is 38.1 Å². The SMILES string of the molecule is CC1(C(=O)NC(C(=O)N[C@@H](Cc2ccc(/C(C=N)=C/NC(F)F)cc2)[C@@H](O)CN(Cc2c(F)cc(/C(C=N)=C/NC(F)F)cc2F)NC(=O)[C@@H](NC(=O)C2(C)CC2)C(C)(C)C(F)(F)F)C(C)(C)C(F)(F)F)CC1. The van der Waals surface area contributed by atoms with Crippen LogP contribution in [0.2, 0.25) is 0 Å². The van der Waals surface area contributed by atoms with E-state index in [0.717, 1.165) is 12.4 Å². The zero-order valence-corrected chi connectivity index (χ0v) is 40.3. The molecular weight excluding hydrogens is 999 g/mol. The number of amides is 4. The highest BCUT2D eigenvalue weighted by molar-refractivity contribution is 6.08. The first-order valence-corrected chi connectivity index (χ1v) is 22.5. The van der Waals surface area contributed by atoms with Crippen LogP contribution in [0.1, 0.15) is 89.5 Å². The molecule has 2 fully saturated rings. The van der Waals surface area contributed by atoms with Gasteiger partial charge in [-0.15, -0.1) is 0 Å². The van der Waals surface area contributed by atoms with E-state index in [-0.39, 0.29) is 42.4 Å². The van der Waals surface area contributed by atoms with Gasteiger partial charge in [0.2, 0.25) is 17.7 Å². The quantitative estimate of drug-likeness (QED) is 0.0214. The smallest absolute Gasteiger partial charge is 0.390 e. The molecule has 9 N–H and O–H groups in total. The molecule has 2 aromatic rings. The van der Waals surface area contributed by atoms with Gasteiger partial charge in [0.15, 0.2) is 0 Å². The van der Waals surface area contributed by atoms with Crippen LogP contribution in [0, 0.1) is 44.1 Å². The van der Waals surface area contributed by atoms with Gasteiger partial charge in [0, 0.05) is 65.5 Å². The molecule has 4 atom stereocenters. The highest BCUT2D eigenvalue weighted by Crippen LogP contribution is 2.48. The molecular formula is C47H57F12N9O5.